The molecule has 4 nitrogen and oxygen atoms in total. The zero-order valence-corrected chi connectivity index (χ0v) is 13.4. The van der Waals surface area contributed by atoms with Gasteiger partial charge in [-0.15, -0.1) is 0 Å². The van der Waals surface area contributed by atoms with Crippen molar-refractivity contribution in [3.05, 3.63) is 28.8 Å². The monoisotopic (exact) mass is 289 g/mol. The normalized spacial score (nSPS) is 17.5. The Balaban J connectivity index is 1.95. The summed E-state index contributed by atoms with van der Waals surface area (Å²) in [5.41, 5.74) is 9.27. The number of hydrogen-bond acceptors (Lipinski definition) is 3. The summed E-state index contributed by atoms with van der Waals surface area (Å²) in [5, 5.41) is 3.09. The number of carbonyl (C=O) groups excluding carboxylic acids is 1. The molecule has 0 aliphatic carbocycles. The minimum Gasteiger partial charge on any atom is -0.398 e. The Kier molecular flexibility index (Phi) is 5.23. The second kappa shape index (κ2) is 6.94. The highest BCUT2D eigenvalue weighted by atomic mass is 16.1. The number of rotatable bonds is 4. The lowest BCUT2D eigenvalue weighted by molar-refractivity contribution is 0.0925. The summed E-state index contributed by atoms with van der Waals surface area (Å²) in [6.07, 6.45) is 3.88. The van der Waals surface area contributed by atoms with E-state index in [9.17, 15) is 4.79 Å². The van der Waals surface area contributed by atoms with E-state index in [1.54, 1.807) is 6.07 Å². The lowest BCUT2D eigenvalue weighted by Crippen LogP contribution is -2.43. The summed E-state index contributed by atoms with van der Waals surface area (Å²) in [4.78, 5) is 14.8. The molecule has 1 aliphatic rings. The zero-order chi connectivity index (χ0) is 15.4. The molecule has 1 amide bonds. The third-order valence-corrected chi connectivity index (χ3v) is 4.22. The highest BCUT2D eigenvalue weighted by Crippen LogP contribution is 2.18. The fraction of sp³-hybridized carbons (Fsp3) is 0.588. The maximum absolute atomic E-state index is 12.4. The molecule has 0 radical (unpaired) electrons. The van der Waals surface area contributed by atoms with Crippen LogP contribution in [0, 0.1) is 13.8 Å². The van der Waals surface area contributed by atoms with E-state index in [0.717, 1.165) is 30.8 Å². The van der Waals surface area contributed by atoms with E-state index in [1.807, 2.05) is 19.9 Å². The highest BCUT2D eigenvalue weighted by molar-refractivity contribution is 5.96. The molecule has 116 valence electrons. The average molecular weight is 289 g/mol. The van der Waals surface area contributed by atoms with Crippen LogP contribution < -0.4 is 11.1 Å². The number of hydrogen-bond donors (Lipinski definition) is 2. The molecular formula is C17H27N3O. The Morgan fingerprint density at radius 2 is 1.90 bits per heavy atom. The van der Waals surface area contributed by atoms with Gasteiger partial charge in [0.1, 0.15) is 0 Å². The molecule has 0 saturated carbocycles. The first kappa shape index (κ1) is 15.8. The maximum Gasteiger partial charge on any atom is 0.251 e. The van der Waals surface area contributed by atoms with Crippen LogP contribution in [-0.4, -0.2) is 36.5 Å². The van der Waals surface area contributed by atoms with Gasteiger partial charge in [-0.1, -0.05) is 12.5 Å². The maximum atomic E-state index is 12.4. The van der Waals surface area contributed by atoms with Crippen molar-refractivity contribution in [1.29, 1.82) is 0 Å². The lowest BCUT2D eigenvalue weighted by Gasteiger charge is -2.29. The minimum atomic E-state index is -0.0243. The predicted octanol–water partition coefficient (Wildman–Crippen LogP) is 2.49. The van der Waals surface area contributed by atoms with E-state index in [0.29, 0.717) is 11.3 Å². The number of carbonyl (C=O) groups is 1. The van der Waals surface area contributed by atoms with Crippen LogP contribution in [0.15, 0.2) is 12.1 Å². The van der Waals surface area contributed by atoms with Gasteiger partial charge in [0.15, 0.2) is 0 Å². The SMILES string of the molecule is Cc1cc(C)c(C(=O)NC(C)CN2CCCCC2)cc1N. The quantitative estimate of drug-likeness (QED) is 0.837. The van der Waals surface area contributed by atoms with Crippen molar-refractivity contribution in [2.75, 3.05) is 25.4 Å². The van der Waals surface area contributed by atoms with Crippen LogP contribution in [0.5, 0.6) is 0 Å². The van der Waals surface area contributed by atoms with Crippen molar-refractivity contribution in [1.82, 2.24) is 10.2 Å². The summed E-state index contributed by atoms with van der Waals surface area (Å²) < 4.78 is 0. The molecule has 1 saturated heterocycles. The van der Waals surface area contributed by atoms with Gasteiger partial charge >= 0.3 is 0 Å². The highest BCUT2D eigenvalue weighted by Gasteiger charge is 2.17. The molecule has 1 aromatic carbocycles. The van der Waals surface area contributed by atoms with Gasteiger partial charge < -0.3 is 16.0 Å². The van der Waals surface area contributed by atoms with Crippen molar-refractivity contribution in [2.24, 2.45) is 0 Å². The van der Waals surface area contributed by atoms with Gasteiger partial charge in [0.25, 0.3) is 5.91 Å². The fourth-order valence-corrected chi connectivity index (χ4v) is 2.99. The molecule has 1 heterocycles. The molecule has 1 aliphatic heterocycles. The Morgan fingerprint density at radius 3 is 2.57 bits per heavy atom. The lowest BCUT2D eigenvalue weighted by atomic mass is 10.0. The summed E-state index contributed by atoms with van der Waals surface area (Å²) >= 11 is 0. The molecule has 1 unspecified atom stereocenters. The van der Waals surface area contributed by atoms with Crippen molar-refractivity contribution in [3.8, 4) is 0 Å². The summed E-state index contributed by atoms with van der Waals surface area (Å²) in [6, 6.07) is 3.91. The van der Waals surface area contributed by atoms with Crippen molar-refractivity contribution in [2.45, 2.75) is 46.1 Å². The Hall–Kier alpha value is -1.55. The van der Waals surface area contributed by atoms with Crippen LogP contribution in [-0.2, 0) is 0 Å². The Morgan fingerprint density at radius 1 is 1.24 bits per heavy atom. The predicted molar refractivity (Wildman–Crippen MR) is 87.5 cm³/mol. The number of aryl methyl sites for hydroxylation is 2. The molecule has 0 spiro atoms. The van der Waals surface area contributed by atoms with Crippen LogP contribution in [0.25, 0.3) is 0 Å². The molecule has 0 bridgehead atoms. The minimum absolute atomic E-state index is 0.0243. The van der Waals surface area contributed by atoms with Crippen LogP contribution in [0.1, 0.15) is 47.7 Å². The van der Waals surface area contributed by atoms with Crippen LogP contribution in [0.4, 0.5) is 5.69 Å². The number of likely N-dealkylation sites (tertiary alicyclic amines) is 1. The number of nitrogens with two attached hydrogens (primary N) is 1. The number of piperidine rings is 1. The van der Waals surface area contributed by atoms with Gasteiger partial charge in [-0.2, -0.15) is 0 Å². The molecule has 1 atom stereocenters. The van der Waals surface area contributed by atoms with Crippen molar-refractivity contribution >= 4 is 11.6 Å². The third kappa shape index (κ3) is 4.21. The van der Waals surface area contributed by atoms with E-state index in [-0.39, 0.29) is 11.9 Å². The number of amides is 1. The van der Waals surface area contributed by atoms with Crippen LogP contribution in [0.3, 0.4) is 0 Å². The van der Waals surface area contributed by atoms with Gasteiger partial charge in [-0.05, 0) is 63.9 Å². The third-order valence-electron chi connectivity index (χ3n) is 4.22. The summed E-state index contributed by atoms with van der Waals surface area (Å²) in [7, 11) is 0. The van der Waals surface area contributed by atoms with Gasteiger partial charge in [0.05, 0.1) is 0 Å². The van der Waals surface area contributed by atoms with E-state index in [4.69, 9.17) is 5.73 Å². The molecule has 1 fully saturated rings. The van der Waals surface area contributed by atoms with Crippen LogP contribution >= 0.6 is 0 Å². The number of benzene rings is 1. The van der Waals surface area contributed by atoms with Gasteiger partial charge in [-0.3, -0.25) is 4.79 Å². The van der Waals surface area contributed by atoms with Crippen molar-refractivity contribution in [3.63, 3.8) is 0 Å². The second-order valence-corrected chi connectivity index (χ2v) is 6.26. The molecular weight excluding hydrogens is 262 g/mol. The Bertz CT molecular complexity index is 507. The zero-order valence-electron chi connectivity index (χ0n) is 13.4. The van der Waals surface area contributed by atoms with Gasteiger partial charge in [-0.25, -0.2) is 0 Å². The van der Waals surface area contributed by atoms with Crippen molar-refractivity contribution < 1.29 is 4.79 Å². The van der Waals surface area contributed by atoms with E-state index in [2.05, 4.69) is 17.1 Å². The standard InChI is InChI=1S/C17H27N3O/c1-12-9-13(2)16(18)10-15(12)17(21)19-14(3)11-20-7-5-4-6-8-20/h9-10,14H,4-8,11,18H2,1-3H3,(H,19,21). The van der Waals surface area contributed by atoms with Gasteiger partial charge in [0, 0.05) is 23.8 Å². The topological polar surface area (TPSA) is 58.4 Å². The summed E-state index contributed by atoms with van der Waals surface area (Å²) in [5.74, 6) is -0.0243. The smallest absolute Gasteiger partial charge is 0.251 e. The van der Waals surface area contributed by atoms with E-state index in [1.165, 1.54) is 19.3 Å². The average Bonchev–Trinajstić information content (AvgIpc) is 2.43. The van der Waals surface area contributed by atoms with E-state index < -0.39 is 0 Å². The first-order valence-electron chi connectivity index (χ1n) is 7.87. The number of nitrogen functional groups attached to an aromatic ring is 1. The van der Waals surface area contributed by atoms with Gasteiger partial charge in [0.2, 0.25) is 0 Å². The molecule has 0 aromatic heterocycles. The van der Waals surface area contributed by atoms with E-state index >= 15 is 0 Å². The molecule has 21 heavy (non-hydrogen) atoms. The van der Waals surface area contributed by atoms with Crippen LogP contribution in [0.2, 0.25) is 0 Å². The second-order valence-electron chi connectivity index (χ2n) is 6.26. The Labute approximate surface area is 127 Å². The first-order valence-corrected chi connectivity index (χ1v) is 7.87. The molecule has 3 N–H and O–H groups in total. The first-order chi connectivity index (χ1) is 9.97. The fourth-order valence-electron chi connectivity index (χ4n) is 2.99. The molecule has 1 aromatic rings. The number of nitrogens with one attached hydrogen (secondary N) is 1. The molecule has 2 rings (SSSR count). The summed E-state index contributed by atoms with van der Waals surface area (Å²) in [6.45, 7) is 9.21. The number of nitrogens with zero attached hydrogens (tertiary/aromatic N) is 1. The largest absolute Gasteiger partial charge is 0.398 e. The molecule has 4 heteroatoms. The number of anilines is 1.